The van der Waals surface area contributed by atoms with Gasteiger partial charge in [0, 0.05) is 13.1 Å². The van der Waals surface area contributed by atoms with Crippen molar-refractivity contribution in [3.05, 3.63) is 35.6 Å². The van der Waals surface area contributed by atoms with Crippen LogP contribution >= 0.6 is 0 Å². The van der Waals surface area contributed by atoms with Crippen molar-refractivity contribution < 1.29 is 17.5 Å². The molecule has 3 rings (SSSR count). The molecule has 1 aromatic carbocycles. The Morgan fingerprint density at radius 1 is 1.12 bits per heavy atom. The van der Waals surface area contributed by atoms with E-state index < -0.39 is 15.7 Å². The van der Waals surface area contributed by atoms with E-state index in [9.17, 15) is 12.8 Å². The van der Waals surface area contributed by atoms with Crippen molar-refractivity contribution in [2.75, 3.05) is 13.1 Å². The fourth-order valence-corrected chi connectivity index (χ4v) is 5.59. The molecule has 2 fully saturated rings. The number of benzene rings is 1. The molecule has 5 nitrogen and oxygen atoms in total. The summed E-state index contributed by atoms with van der Waals surface area (Å²) in [5.41, 5.74) is 0.191. The standard InChI is InChI=1S/C17H25FN2O3S/c1-13-11-20(12-14(2)23-13)24(21,22)19-17(9-3-4-10-17)15-5-7-16(18)8-6-15/h5-8,13-14,19H,3-4,9-12H2,1-2H3. The first kappa shape index (κ1) is 17.8. The minimum atomic E-state index is -3.64. The maximum atomic E-state index is 13.3. The van der Waals surface area contributed by atoms with E-state index in [1.165, 1.54) is 16.4 Å². The smallest absolute Gasteiger partial charge is 0.280 e. The normalized spacial score (nSPS) is 28.1. The van der Waals surface area contributed by atoms with Gasteiger partial charge >= 0.3 is 0 Å². The zero-order chi connectivity index (χ0) is 17.4. The minimum absolute atomic E-state index is 0.129. The van der Waals surface area contributed by atoms with Gasteiger partial charge in [-0.2, -0.15) is 17.4 Å². The Kier molecular flexibility index (Phi) is 4.97. The highest BCUT2D eigenvalue weighted by atomic mass is 32.2. The van der Waals surface area contributed by atoms with Crippen molar-refractivity contribution in [2.45, 2.75) is 57.3 Å². The van der Waals surface area contributed by atoms with Gasteiger partial charge in [0.05, 0.1) is 17.7 Å². The fraction of sp³-hybridized carbons (Fsp3) is 0.647. The Morgan fingerprint density at radius 2 is 1.67 bits per heavy atom. The van der Waals surface area contributed by atoms with Gasteiger partial charge in [-0.3, -0.25) is 0 Å². The minimum Gasteiger partial charge on any atom is -0.373 e. The van der Waals surface area contributed by atoms with Crippen LogP contribution in [0.3, 0.4) is 0 Å². The van der Waals surface area contributed by atoms with Gasteiger partial charge in [0.15, 0.2) is 0 Å². The lowest BCUT2D eigenvalue weighted by atomic mass is 9.89. The number of hydrogen-bond donors (Lipinski definition) is 1. The van der Waals surface area contributed by atoms with Crippen LogP contribution in [0.4, 0.5) is 4.39 Å². The van der Waals surface area contributed by atoms with E-state index in [2.05, 4.69) is 4.72 Å². The molecule has 7 heteroatoms. The lowest BCUT2D eigenvalue weighted by Crippen LogP contribution is -2.56. The van der Waals surface area contributed by atoms with Crippen LogP contribution in [0.15, 0.2) is 24.3 Å². The van der Waals surface area contributed by atoms with Gasteiger partial charge in [0.2, 0.25) is 0 Å². The first-order valence-electron chi connectivity index (χ1n) is 8.51. The molecule has 2 atom stereocenters. The summed E-state index contributed by atoms with van der Waals surface area (Å²) in [6.07, 6.45) is 3.11. The molecule has 1 heterocycles. The monoisotopic (exact) mass is 356 g/mol. The van der Waals surface area contributed by atoms with Gasteiger partial charge in [-0.05, 0) is 44.4 Å². The maximum Gasteiger partial charge on any atom is 0.280 e. The molecule has 1 saturated heterocycles. The predicted octanol–water partition coefficient (Wildman–Crippen LogP) is 2.54. The molecule has 1 saturated carbocycles. The molecule has 24 heavy (non-hydrogen) atoms. The summed E-state index contributed by atoms with van der Waals surface area (Å²) in [7, 11) is -3.64. The quantitative estimate of drug-likeness (QED) is 0.902. The largest absolute Gasteiger partial charge is 0.373 e. The first-order valence-corrected chi connectivity index (χ1v) is 9.95. The highest BCUT2D eigenvalue weighted by Gasteiger charge is 2.42. The van der Waals surface area contributed by atoms with Gasteiger partial charge in [0.25, 0.3) is 10.2 Å². The van der Waals surface area contributed by atoms with E-state index >= 15 is 0 Å². The third-order valence-electron chi connectivity index (χ3n) is 4.90. The number of rotatable bonds is 4. The van der Waals surface area contributed by atoms with E-state index in [0.29, 0.717) is 13.1 Å². The van der Waals surface area contributed by atoms with Gasteiger partial charge in [0.1, 0.15) is 5.82 Å². The molecule has 0 amide bonds. The molecule has 1 N–H and O–H groups in total. The Balaban J connectivity index is 1.86. The number of morpholine rings is 1. The molecule has 0 spiro atoms. The molecule has 134 valence electrons. The lowest BCUT2D eigenvalue weighted by Gasteiger charge is -2.38. The Bertz CT molecular complexity index is 662. The van der Waals surface area contributed by atoms with Crippen LogP contribution in [0, 0.1) is 5.82 Å². The average molecular weight is 356 g/mol. The summed E-state index contributed by atoms with van der Waals surface area (Å²) in [6.45, 7) is 4.45. The summed E-state index contributed by atoms with van der Waals surface area (Å²) in [5, 5.41) is 0. The Morgan fingerprint density at radius 3 is 2.21 bits per heavy atom. The van der Waals surface area contributed by atoms with Crippen LogP contribution < -0.4 is 4.72 Å². The van der Waals surface area contributed by atoms with E-state index in [1.807, 2.05) is 13.8 Å². The third-order valence-corrected chi connectivity index (χ3v) is 6.53. The SMILES string of the molecule is CC1CN(S(=O)(=O)NC2(c3ccc(F)cc3)CCCC2)CC(C)O1. The topological polar surface area (TPSA) is 58.6 Å². The van der Waals surface area contributed by atoms with Crippen molar-refractivity contribution in [1.82, 2.24) is 9.03 Å². The van der Waals surface area contributed by atoms with E-state index in [0.717, 1.165) is 31.2 Å². The fourth-order valence-electron chi connectivity index (χ4n) is 3.84. The highest BCUT2D eigenvalue weighted by molar-refractivity contribution is 7.87. The molecule has 1 aromatic rings. The van der Waals surface area contributed by atoms with Crippen LogP contribution in [-0.2, 0) is 20.5 Å². The lowest BCUT2D eigenvalue weighted by molar-refractivity contribution is -0.0446. The Labute approximate surface area is 143 Å². The van der Waals surface area contributed by atoms with E-state index in [4.69, 9.17) is 4.74 Å². The molecule has 1 aliphatic heterocycles. The van der Waals surface area contributed by atoms with Crippen LogP contribution in [0.1, 0.15) is 45.1 Å². The number of halogens is 1. The summed E-state index contributed by atoms with van der Waals surface area (Å²) in [6, 6.07) is 6.16. The highest BCUT2D eigenvalue weighted by Crippen LogP contribution is 2.39. The predicted molar refractivity (Wildman–Crippen MR) is 90.2 cm³/mol. The Hall–Kier alpha value is -1.02. The van der Waals surface area contributed by atoms with Crippen molar-refractivity contribution in [3.8, 4) is 0 Å². The summed E-state index contributed by atoms with van der Waals surface area (Å²) in [5.74, 6) is -0.314. The molecule has 0 bridgehead atoms. The molecule has 0 radical (unpaired) electrons. The second-order valence-electron chi connectivity index (χ2n) is 6.98. The van der Waals surface area contributed by atoms with Crippen molar-refractivity contribution in [3.63, 3.8) is 0 Å². The first-order chi connectivity index (χ1) is 11.3. The van der Waals surface area contributed by atoms with Gasteiger partial charge in [-0.25, -0.2) is 4.39 Å². The molecule has 2 aliphatic rings. The van der Waals surface area contributed by atoms with Gasteiger partial charge < -0.3 is 4.74 Å². The van der Waals surface area contributed by atoms with E-state index in [1.54, 1.807) is 12.1 Å². The maximum absolute atomic E-state index is 13.3. The summed E-state index contributed by atoms with van der Waals surface area (Å²) in [4.78, 5) is 0. The molecule has 0 aromatic heterocycles. The number of nitrogens with one attached hydrogen (secondary N) is 1. The summed E-state index contributed by atoms with van der Waals surface area (Å²) >= 11 is 0. The van der Waals surface area contributed by atoms with E-state index in [-0.39, 0.29) is 18.0 Å². The number of hydrogen-bond acceptors (Lipinski definition) is 3. The second-order valence-corrected chi connectivity index (χ2v) is 8.65. The van der Waals surface area contributed by atoms with Crippen LogP contribution in [0.25, 0.3) is 0 Å². The zero-order valence-electron chi connectivity index (χ0n) is 14.2. The molecular weight excluding hydrogens is 331 g/mol. The third kappa shape index (κ3) is 3.64. The van der Waals surface area contributed by atoms with Crippen molar-refractivity contribution >= 4 is 10.2 Å². The molecule has 2 unspecified atom stereocenters. The van der Waals surface area contributed by atoms with Crippen LogP contribution in [-0.4, -0.2) is 38.0 Å². The second kappa shape index (κ2) is 6.71. The van der Waals surface area contributed by atoms with Crippen molar-refractivity contribution in [1.29, 1.82) is 0 Å². The zero-order valence-corrected chi connectivity index (χ0v) is 15.0. The summed E-state index contributed by atoms with van der Waals surface area (Å²) < 4.78 is 49.2. The van der Waals surface area contributed by atoms with Crippen LogP contribution in [0.2, 0.25) is 0 Å². The molecule has 1 aliphatic carbocycles. The van der Waals surface area contributed by atoms with Gasteiger partial charge in [-0.15, -0.1) is 0 Å². The average Bonchev–Trinajstić information content (AvgIpc) is 2.96. The number of nitrogens with zero attached hydrogens (tertiary/aromatic N) is 1. The van der Waals surface area contributed by atoms with Crippen molar-refractivity contribution in [2.24, 2.45) is 0 Å². The number of ether oxygens (including phenoxy) is 1. The van der Waals surface area contributed by atoms with Gasteiger partial charge in [-0.1, -0.05) is 25.0 Å². The molecular formula is C17H25FN2O3S. The van der Waals surface area contributed by atoms with Crippen LogP contribution in [0.5, 0.6) is 0 Å².